The highest BCUT2D eigenvalue weighted by Gasteiger charge is 2.52. The third-order valence-corrected chi connectivity index (χ3v) is 4.38. The first kappa shape index (κ1) is 13.7. The van der Waals surface area contributed by atoms with E-state index in [1.807, 2.05) is 0 Å². The molecular formula is C16H12N4O3. The number of hydrogen-bond donors (Lipinski definition) is 1. The lowest BCUT2D eigenvalue weighted by molar-refractivity contribution is -0.121. The summed E-state index contributed by atoms with van der Waals surface area (Å²) in [6.45, 7) is 0.360. The summed E-state index contributed by atoms with van der Waals surface area (Å²) in [4.78, 5) is 31.9. The van der Waals surface area contributed by atoms with Crippen molar-refractivity contribution >= 4 is 28.5 Å². The van der Waals surface area contributed by atoms with E-state index in [0.29, 0.717) is 35.1 Å². The lowest BCUT2D eigenvalue weighted by Crippen LogP contribution is -2.36. The molecule has 1 aromatic carbocycles. The second-order valence-electron chi connectivity index (χ2n) is 5.59. The van der Waals surface area contributed by atoms with Gasteiger partial charge in [-0.25, -0.2) is 9.69 Å². The fourth-order valence-electron chi connectivity index (χ4n) is 3.31. The molecule has 2 aliphatic heterocycles. The molecule has 0 bridgehead atoms. The molecule has 7 heteroatoms. The van der Waals surface area contributed by atoms with Crippen molar-refractivity contribution in [3.05, 3.63) is 36.0 Å². The van der Waals surface area contributed by atoms with Crippen molar-refractivity contribution in [3.63, 3.8) is 0 Å². The molecule has 2 fully saturated rings. The SMILES string of the molecule is N#Cc1ccc(N2C(=O)C3[C@H](O)CCN3C2=O)c2cccnc12. The number of aliphatic hydroxyl groups is 1. The molecule has 4 rings (SSSR count). The van der Waals surface area contributed by atoms with Crippen LogP contribution in [-0.2, 0) is 4.79 Å². The van der Waals surface area contributed by atoms with E-state index >= 15 is 0 Å². The van der Waals surface area contributed by atoms with Crippen LogP contribution in [0.25, 0.3) is 10.9 Å². The third-order valence-electron chi connectivity index (χ3n) is 4.38. The van der Waals surface area contributed by atoms with Crippen molar-refractivity contribution < 1.29 is 14.7 Å². The summed E-state index contributed by atoms with van der Waals surface area (Å²) >= 11 is 0. The van der Waals surface area contributed by atoms with Crippen LogP contribution in [0.5, 0.6) is 0 Å². The number of benzene rings is 1. The molecule has 1 N–H and O–H groups in total. The van der Waals surface area contributed by atoms with Crippen LogP contribution in [0.15, 0.2) is 30.5 Å². The van der Waals surface area contributed by atoms with Crippen molar-refractivity contribution in [2.45, 2.75) is 18.6 Å². The van der Waals surface area contributed by atoms with Crippen molar-refractivity contribution in [2.24, 2.45) is 0 Å². The van der Waals surface area contributed by atoms with Crippen LogP contribution in [-0.4, -0.2) is 45.6 Å². The van der Waals surface area contributed by atoms with Gasteiger partial charge in [0.25, 0.3) is 5.91 Å². The number of carbonyl (C=O) groups excluding carboxylic acids is 2. The van der Waals surface area contributed by atoms with E-state index in [1.165, 1.54) is 4.90 Å². The standard InChI is InChI=1S/C16H12N4O3/c17-8-9-3-4-11(10-2-1-6-18-13(9)10)20-15(22)14-12(21)5-7-19(14)16(20)23/h1-4,6,12,14,21H,5,7H2/t12-,14?/m1/s1. The van der Waals surface area contributed by atoms with Gasteiger partial charge in [-0.1, -0.05) is 0 Å². The van der Waals surface area contributed by atoms with Gasteiger partial charge in [0.15, 0.2) is 0 Å². The van der Waals surface area contributed by atoms with Gasteiger partial charge in [-0.15, -0.1) is 0 Å². The summed E-state index contributed by atoms with van der Waals surface area (Å²) in [5.74, 6) is -0.435. The van der Waals surface area contributed by atoms with Crippen molar-refractivity contribution in [2.75, 3.05) is 11.4 Å². The van der Waals surface area contributed by atoms with Crippen molar-refractivity contribution in [1.29, 1.82) is 5.26 Å². The minimum Gasteiger partial charge on any atom is -0.390 e. The number of rotatable bonds is 1. The summed E-state index contributed by atoms with van der Waals surface area (Å²) < 4.78 is 0. The number of urea groups is 1. The molecule has 1 unspecified atom stereocenters. The molecular weight excluding hydrogens is 296 g/mol. The quantitative estimate of drug-likeness (QED) is 0.793. The summed E-state index contributed by atoms with van der Waals surface area (Å²) in [5, 5.41) is 19.7. The number of imide groups is 1. The predicted molar refractivity (Wildman–Crippen MR) is 80.5 cm³/mol. The van der Waals surface area contributed by atoms with E-state index < -0.39 is 24.1 Å². The first-order valence-corrected chi connectivity index (χ1v) is 7.24. The van der Waals surface area contributed by atoms with E-state index in [-0.39, 0.29) is 0 Å². The Balaban J connectivity index is 1.89. The molecule has 114 valence electrons. The zero-order valence-corrected chi connectivity index (χ0v) is 12.0. The normalized spacial score (nSPS) is 23.5. The molecule has 2 aliphatic rings. The minimum absolute atomic E-state index is 0.360. The smallest absolute Gasteiger partial charge is 0.332 e. The van der Waals surface area contributed by atoms with Gasteiger partial charge >= 0.3 is 6.03 Å². The number of nitriles is 1. The Morgan fingerprint density at radius 3 is 2.87 bits per heavy atom. The molecule has 0 radical (unpaired) electrons. The maximum atomic E-state index is 12.6. The Kier molecular flexibility index (Phi) is 2.83. The molecule has 0 saturated carbocycles. The Hall–Kier alpha value is -2.98. The highest BCUT2D eigenvalue weighted by Crippen LogP contribution is 2.35. The van der Waals surface area contributed by atoms with Crippen molar-refractivity contribution in [3.8, 4) is 6.07 Å². The molecule has 2 atom stereocenters. The highest BCUT2D eigenvalue weighted by molar-refractivity contribution is 6.24. The number of hydrogen-bond acceptors (Lipinski definition) is 5. The van der Waals surface area contributed by atoms with Gasteiger partial charge in [0.05, 0.1) is 22.9 Å². The van der Waals surface area contributed by atoms with Crippen molar-refractivity contribution in [1.82, 2.24) is 9.88 Å². The van der Waals surface area contributed by atoms with Crippen LogP contribution < -0.4 is 4.90 Å². The average molecular weight is 308 g/mol. The van der Waals surface area contributed by atoms with Crippen LogP contribution in [0, 0.1) is 11.3 Å². The number of nitrogens with zero attached hydrogens (tertiary/aromatic N) is 4. The van der Waals surface area contributed by atoms with Gasteiger partial charge < -0.3 is 10.0 Å². The summed E-state index contributed by atoms with van der Waals surface area (Å²) in [6, 6.07) is 7.34. The van der Waals surface area contributed by atoms with Gasteiger partial charge in [0.1, 0.15) is 12.1 Å². The van der Waals surface area contributed by atoms with Gasteiger partial charge in [0.2, 0.25) is 0 Å². The molecule has 0 aliphatic carbocycles. The topological polar surface area (TPSA) is 97.5 Å². The number of anilines is 1. The van der Waals surface area contributed by atoms with Crippen LogP contribution >= 0.6 is 0 Å². The molecule has 3 heterocycles. The monoisotopic (exact) mass is 308 g/mol. The van der Waals surface area contributed by atoms with Gasteiger partial charge in [-0.05, 0) is 30.7 Å². The number of aromatic nitrogens is 1. The number of pyridine rings is 1. The minimum atomic E-state index is -0.834. The van der Waals surface area contributed by atoms with E-state index in [0.717, 1.165) is 4.90 Å². The second-order valence-corrected chi connectivity index (χ2v) is 5.59. The summed E-state index contributed by atoms with van der Waals surface area (Å²) in [6.07, 6.45) is 1.13. The van der Waals surface area contributed by atoms with Crippen LogP contribution in [0.3, 0.4) is 0 Å². The van der Waals surface area contributed by atoms with E-state index in [9.17, 15) is 20.0 Å². The largest absolute Gasteiger partial charge is 0.390 e. The van der Waals surface area contributed by atoms with Crippen LogP contribution in [0.4, 0.5) is 10.5 Å². The van der Waals surface area contributed by atoms with E-state index in [2.05, 4.69) is 11.1 Å². The zero-order valence-electron chi connectivity index (χ0n) is 12.0. The lowest BCUT2D eigenvalue weighted by atomic mass is 10.1. The molecule has 3 amide bonds. The number of carbonyl (C=O) groups is 2. The Labute approximate surface area is 131 Å². The van der Waals surface area contributed by atoms with Crippen LogP contribution in [0.2, 0.25) is 0 Å². The molecule has 1 aromatic heterocycles. The number of aliphatic hydroxyl groups excluding tert-OH is 1. The fraction of sp³-hybridized carbons (Fsp3) is 0.250. The third kappa shape index (κ3) is 1.76. The first-order chi connectivity index (χ1) is 11.1. The second kappa shape index (κ2) is 4.76. The predicted octanol–water partition coefficient (Wildman–Crippen LogP) is 1.01. The summed E-state index contributed by atoms with van der Waals surface area (Å²) in [7, 11) is 0. The Morgan fingerprint density at radius 2 is 2.13 bits per heavy atom. The summed E-state index contributed by atoms with van der Waals surface area (Å²) in [5.41, 5.74) is 1.22. The lowest BCUT2D eigenvalue weighted by Gasteiger charge is -2.17. The fourth-order valence-corrected chi connectivity index (χ4v) is 3.31. The maximum Gasteiger partial charge on any atom is 0.332 e. The molecule has 7 nitrogen and oxygen atoms in total. The zero-order chi connectivity index (χ0) is 16.1. The number of fused-ring (bicyclic) bond motifs is 2. The van der Waals surface area contributed by atoms with E-state index in [1.54, 1.807) is 30.5 Å². The molecule has 0 spiro atoms. The van der Waals surface area contributed by atoms with Crippen LogP contribution in [0.1, 0.15) is 12.0 Å². The average Bonchev–Trinajstić information content (AvgIpc) is 3.07. The molecule has 2 aromatic rings. The molecule has 23 heavy (non-hydrogen) atoms. The molecule has 2 saturated heterocycles. The Morgan fingerprint density at radius 1 is 1.30 bits per heavy atom. The number of amides is 3. The van der Waals surface area contributed by atoms with E-state index in [4.69, 9.17) is 0 Å². The maximum absolute atomic E-state index is 12.6. The Bertz CT molecular complexity index is 889. The van der Waals surface area contributed by atoms with Gasteiger partial charge in [-0.3, -0.25) is 9.78 Å². The first-order valence-electron chi connectivity index (χ1n) is 7.24. The van der Waals surface area contributed by atoms with Gasteiger partial charge in [0, 0.05) is 18.1 Å². The van der Waals surface area contributed by atoms with Gasteiger partial charge in [-0.2, -0.15) is 5.26 Å². The highest BCUT2D eigenvalue weighted by atomic mass is 16.3.